The zero-order valence-corrected chi connectivity index (χ0v) is 12.1. The van der Waals surface area contributed by atoms with Crippen molar-refractivity contribution < 1.29 is 9.47 Å². The van der Waals surface area contributed by atoms with Crippen LogP contribution in [0.2, 0.25) is 0 Å². The van der Waals surface area contributed by atoms with Crippen molar-refractivity contribution in [1.82, 2.24) is 0 Å². The van der Waals surface area contributed by atoms with Crippen LogP contribution in [0.15, 0.2) is 53.0 Å². The van der Waals surface area contributed by atoms with Crippen LogP contribution in [-0.4, -0.2) is 13.2 Å². The van der Waals surface area contributed by atoms with E-state index in [2.05, 4.69) is 15.9 Å². The molecule has 0 aliphatic heterocycles. The summed E-state index contributed by atoms with van der Waals surface area (Å²) >= 11 is 3.46. The summed E-state index contributed by atoms with van der Waals surface area (Å²) in [7, 11) is 0. The van der Waals surface area contributed by atoms with Gasteiger partial charge in [-0.05, 0) is 24.3 Å². The molecule has 0 saturated heterocycles. The molecule has 0 unspecified atom stereocenters. The third kappa shape index (κ3) is 3.98. The van der Waals surface area contributed by atoms with Gasteiger partial charge in [-0.1, -0.05) is 40.2 Å². The maximum absolute atomic E-state index is 5.71. The summed E-state index contributed by atoms with van der Waals surface area (Å²) in [5.74, 6) is 1.65. The fraction of sp³-hybridized carbons (Fsp3) is 0.200. The van der Waals surface area contributed by atoms with E-state index in [1.165, 1.54) is 0 Å². The van der Waals surface area contributed by atoms with E-state index in [4.69, 9.17) is 15.2 Å². The average molecular weight is 322 g/mol. The molecule has 4 heteroatoms. The van der Waals surface area contributed by atoms with Gasteiger partial charge in [0.2, 0.25) is 0 Å². The van der Waals surface area contributed by atoms with E-state index < -0.39 is 0 Å². The van der Waals surface area contributed by atoms with Crippen LogP contribution in [0.5, 0.6) is 11.5 Å². The highest BCUT2D eigenvalue weighted by Crippen LogP contribution is 2.26. The van der Waals surface area contributed by atoms with Crippen LogP contribution in [0.25, 0.3) is 0 Å². The number of rotatable bonds is 6. The summed E-state index contributed by atoms with van der Waals surface area (Å²) in [4.78, 5) is 0. The van der Waals surface area contributed by atoms with Crippen molar-refractivity contribution in [2.45, 2.75) is 6.54 Å². The third-order valence-electron chi connectivity index (χ3n) is 2.63. The van der Waals surface area contributed by atoms with E-state index in [0.29, 0.717) is 19.8 Å². The van der Waals surface area contributed by atoms with Gasteiger partial charge in [0, 0.05) is 16.6 Å². The van der Waals surface area contributed by atoms with Crippen LogP contribution in [0, 0.1) is 0 Å². The number of nitrogens with two attached hydrogens (primary N) is 1. The van der Waals surface area contributed by atoms with Gasteiger partial charge in [-0.2, -0.15) is 0 Å². The standard InChI is InChI=1S/C15H16BrNO2/c16-14-7-4-8-15(13(14)11-17)19-10-9-18-12-5-2-1-3-6-12/h1-8H,9-11,17H2. The Morgan fingerprint density at radius 2 is 1.63 bits per heavy atom. The van der Waals surface area contributed by atoms with Crippen molar-refractivity contribution in [3.8, 4) is 11.5 Å². The Kier molecular flexibility index (Phi) is 5.24. The highest BCUT2D eigenvalue weighted by Gasteiger charge is 2.05. The van der Waals surface area contributed by atoms with Gasteiger partial charge in [0.05, 0.1) is 0 Å². The molecular weight excluding hydrogens is 306 g/mol. The van der Waals surface area contributed by atoms with E-state index in [1.54, 1.807) is 0 Å². The molecule has 0 heterocycles. The smallest absolute Gasteiger partial charge is 0.125 e. The SMILES string of the molecule is NCc1c(Br)cccc1OCCOc1ccccc1. The second-order valence-corrected chi connectivity index (χ2v) is 4.78. The Bertz CT molecular complexity index is 517. The van der Waals surface area contributed by atoms with E-state index >= 15 is 0 Å². The first-order valence-electron chi connectivity index (χ1n) is 6.09. The number of hydrogen-bond acceptors (Lipinski definition) is 3. The van der Waals surface area contributed by atoms with E-state index in [1.807, 2.05) is 48.5 Å². The summed E-state index contributed by atoms with van der Waals surface area (Å²) in [5, 5.41) is 0. The molecule has 3 nitrogen and oxygen atoms in total. The topological polar surface area (TPSA) is 44.5 Å². The van der Waals surface area contributed by atoms with Crippen molar-refractivity contribution in [2.75, 3.05) is 13.2 Å². The van der Waals surface area contributed by atoms with Crippen LogP contribution in [-0.2, 0) is 6.54 Å². The Morgan fingerprint density at radius 3 is 2.37 bits per heavy atom. The molecule has 0 bridgehead atoms. The molecule has 2 aromatic rings. The Labute approximate surface area is 121 Å². The summed E-state index contributed by atoms with van der Waals surface area (Å²) in [5.41, 5.74) is 6.68. The number of ether oxygens (including phenoxy) is 2. The molecule has 100 valence electrons. The Hall–Kier alpha value is -1.52. The average Bonchev–Trinajstić information content (AvgIpc) is 2.45. The normalized spacial score (nSPS) is 10.2. The largest absolute Gasteiger partial charge is 0.490 e. The van der Waals surface area contributed by atoms with Crippen molar-refractivity contribution in [3.05, 3.63) is 58.6 Å². The van der Waals surface area contributed by atoms with Crippen LogP contribution in [0.4, 0.5) is 0 Å². The molecule has 0 atom stereocenters. The second-order valence-electron chi connectivity index (χ2n) is 3.93. The fourth-order valence-corrected chi connectivity index (χ4v) is 2.21. The van der Waals surface area contributed by atoms with Crippen molar-refractivity contribution in [1.29, 1.82) is 0 Å². The lowest BCUT2D eigenvalue weighted by Crippen LogP contribution is -2.11. The maximum Gasteiger partial charge on any atom is 0.125 e. The predicted molar refractivity (Wildman–Crippen MR) is 79.5 cm³/mol. The lowest BCUT2D eigenvalue weighted by molar-refractivity contribution is 0.216. The molecule has 2 N–H and O–H groups in total. The molecule has 2 aromatic carbocycles. The van der Waals surface area contributed by atoms with Gasteiger partial charge in [-0.15, -0.1) is 0 Å². The Morgan fingerprint density at radius 1 is 0.895 bits per heavy atom. The van der Waals surface area contributed by atoms with Gasteiger partial charge in [-0.3, -0.25) is 0 Å². The molecule has 2 rings (SSSR count). The number of halogens is 1. The molecule has 0 aliphatic carbocycles. The first kappa shape index (κ1) is 13.9. The van der Waals surface area contributed by atoms with Crippen LogP contribution in [0.1, 0.15) is 5.56 Å². The van der Waals surface area contributed by atoms with Gasteiger partial charge in [-0.25, -0.2) is 0 Å². The highest BCUT2D eigenvalue weighted by atomic mass is 79.9. The summed E-state index contributed by atoms with van der Waals surface area (Å²) < 4.78 is 12.2. The number of para-hydroxylation sites is 1. The van der Waals surface area contributed by atoms with Gasteiger partial charge >= 0.3 is 0 Å². The summed E-state index contributed by atoms with van der Waals surface area (Å²) in [6, 6.07) is 15.5. The third-order valence-corrected chi connectivity index (χ3v) is 3.38. The van der Waals surface area contributed by atoms with Crippen LogP contribution in [0.3, 0.4) is 0 Å². The monoisotopic (exact) mass is 321 g/mol. The number of hydrogen-bond donors (Lipinski definition) is 1. The molecule has 0 amide bonds. The minimum absolute atomic E-state index is 0.441. The lowest BCUT2D eigenvalue weighted by Gasteiger charge is -2.12. The molecule has 19 heavy (non-hydrogen) atoms. The van der Waals surface area contributed by atoms with Gasteiger partial charge < -0.3 is 15.2 Å². The molecule has 0 fully saturated rings. The molecule has 0 aliphatic rings. The van der Waals surface area contributed by atoms with Crippen LogP contribution >= 0.6 is 15.9 Å². The molecule has 0 radical (unpaired) electrons. The van der Waals surface area contributed by atoms with E-state index in [0.717, 1.165) is 21.5 Å². The second kappa shape index (κ2) is 7.16. The van der Waals surface area contributed by atoms with Gasteiger partial charge in [0.15, 0.2) is 0 Å². The van der Waals surface area contributed by atoms with E-state index in [9.17, 15) is 0 Å². The molecule has 0 aromatic heterocycles. The van der Waals surface area contributed by atoms with Gasteiger partial charge in [0.1, 0.15) is 24.7 Å². The van der Waals surface area contributed by atoms with Gasteiger partial charge in [0.25, 0.3) is 0 Å². The minimum atomic E-state index is 0.441. The maximum atomic E-state index is 5.71. The fourth-order valence-electron chi connectivity index (χ4n) is 1.70. The Balaban J connectivity index is 1.85. The van der Waals surface area contributed by atoms with Crippen molar-refractivity contribution >= 4 is 15.9 Å². The van der Waals surface area contributed by atoms with E-state index in [-0.39, 0.29) is 0 Å². The van der Waals surface area contributed by atoms with Crippen LogP contribution < -0.4 is 15.2 Å². The zero-order valence-electron chi connectivity index (χ0n) is 10.5. The summed E-state index contributed by atoms with van der Waals surface area (Å²) in [6.45, 7) is 1.43. The quantitative estimate of drug-likeness (QED) is 0.830. The zero-order chi connectivity index (χ0) is 13.5. The van der Waals surface area contributed by atoms with Crippen molar-refractivity contribution in [2.24, 2.45) is 5.73 Å². The summed E-state index contributed by atoms with van der Waals surface area (Å²) in [6.07, 6.45) is 0. The molecule has 0 saturated carbocycles. The predicted octanol–water partition coefficient (Wildman–Crippen LogP) is 3.37. The highest BCUT2D eigenvalue weighted by molar-refractivity contribution is 9.10. The molecule has 0 spiro atoms. The number of benzene rings is 2. The first-order valence-corrected chi connectivity index (χ1v) is 6.88. The minimum Gasteiger partial charge on any atom is -0.490 e. The lowest BCUT2D eigenvalue weighted by atomic mass is 10.2. The molecular formula is C15H16BrNO2. The van der Waals surface area contributed by atoms with Crippen molar-refractivity contribution in [3.63, 3.8) is 0 Å². The first-order chi connectivity index (χ1) is 9.31.